The molecule has 0 aliphatic carbocycles. The van der Waals surface area contributed by atoms with Gasteiger partial charge >= 0.3 is 5.63 Å². The van der Waals surface area contributed by atoms with E-state index in [0.29, 0.717) is 16.5 Å². The highest BCUT2D eigenvalue weighted by atomic mass is 16.4. The summed E-state index contributed by atoms with van der Waals surface area (Å²) >= 11 is 0. The van der Waals surface area contributed by atoms with Crippen LogP contribution in [0.2, 0.25) is 0 Å². The topological polar surface area (TPSA) is 120 Å². The zero-order valence-corrected chi connectivity index (χ0v) is 13.5. The summed E-state index contributed by atoms with van der Waals surface area (Å²) in [6.45, 7) is 0. The Kier molecular flexibility index (Phi) is 4.70. The van der Waals surface area contributed by atoms with Gasteiger partial charge in [-0.15, -0.1) is 0 Å². The Morgan fingerprint density at radius 1 is 1.12 bits per heavy atom. The quantitative estimate of drug-likeness (QED) is 0.651. The van der Waals surface area contributed by atoms with E-state index in [4.69, 9.17) is 4.42 Å². The van der Waals surface area contributed by atoms with Crippen molar-refractivity contribution in [1.82, 2.24) is 5.32 Å². The lowest BCUT2D eigenvalue weighted by Crippen LogP contribution is -2.41. The Bertz CT molecular complexity index is 1030. The second-order valence-corrected chi connectivity index (χ2v) is 5.68. The lowest BCUT2D eigenvalue weighted by molar-refractivity contribution is -0.308. The van der Waals surface area contributed by atoms with E-state index < -0.39 is 23.5 Å². The summed E-state index contributed by atoms with van der Waals surface area (Å²) in [5.74, 6) is -2.11. The number of aliphatic carboxylic acids is 1. The van der Waals surface area contributed by atoms with Gasteiger partial charge in [-0.1, -0.05) is 30.3 Å². The Labute approximate surface area is 147 Å². The first-order valence-electron chi connectivity index (χ1n) is 7.75. The molecule has 0 fully saturated rings. The molecule has 0 bridgehead atoms. The summed E-state index contributed by atoms with van der Waals surface area (Å²) < 4.78 is 5.00. The van der Waals surface area contributed by atoms with Crippen molar-refractivity contribution in [3.63, 3.8) is 0 Å². The van der Waals surface area contributed by atoms with Crippen LogP contribution in [0.15, 0.2) is 63.8 Å². The Morgan fingerprint density at radius 3 is 2.54 bits per heavy atom. The Hall–Kier alpha value is -3.61. The van der Waals surface area contributed by atoms with Crippen LogP contribution in [-0.2, 0) is 16.0 Å². The van der Waals surface area contributed by atoms with Gasteiger partial charge in [0.2, 0.25) is 5.91 Å². The van der Waals surface area contributed by atoms with Gasteiger partial charge in [0.15, 0.2) is 0 Å². The number of carbonyl (C=O) groups is 2. The molecule has 3 rings (SSSR count). The summed E-state index contributed by atoms with van der Waals surface area (Å²) in [5.41, 5.74) is 0.201. The van der Waals surface area contributed by atoms with Crippen LogP contribution in [0.1, 0.15) is 17.2 Å². The van der Waals surface area contributed by atoms with E-state index in [-0.39, 0.29) is 17.8 Å². The molecule has 0 radical (unpaired) electrons. The molecule has 7 heteroatoms. The zero-order chi connectivity index (χ0) is 18.7. The van der Waals surface area contributed by atoms with E-state index in [0.717, 1.165) is 6.07 Å². The minimum atomic E-state index is -1.44. The summed E-state index contributed by atoms with van der Waals surface area (Å²) in [6.07, 6.45) is -0.233. The lowest BCUT2D eigenvalue weighted by Gasteiger charge is -2.20. The highest BCUT2D eigenvalue weighted by Crippen LogP contribution is 2.22. The molecule has 1 aromatic heterocycles. The predicted octanol–water partition coefficient (Wildman–Crippen LogP) is 0.648. The average molecular weight is 352 g/mol. The van der Waals surface area contributed by atoms with Crippen LogP contribution in [0.4, 0.5) is 0 Å². The van der Waals surface area contributed by atoms with E-state index in [9.17, 15) is 24.6 Å². The van der Waals surface area contributed by atoms with Gasteiger partial charge in [0.25, 0.3) is 0 Å². The molecule has 1 heterocycles. The van der Waals surface area contributed by atoms with Gasteiger partial charge in [-0.25, -0.2) is 4.79 Å². The first-order chi connectivity index (χ1) is 12.4. The number of benzene rings is 2. The largest absolute Gasteiger partial charge is 0.548 e. The first-order valence-corrected chi connectivity index (χ1v) is 7.75. The van der Waals surface area contributed by atoms with Crippen molar-refractivity contribution >= 4 is 22.8 Å². The van der Waals surface area contributed by atoms with Crippen LogP contribution >= 0.6 is 0 Å². The van der Waals surface area contributed by atoms with E-state index in [1.165, 1.54) is 18.2 Å². The molecule has 7 nitrogen and oxygen atoms in total. The van der Waals surface area contributed by atoms with Crippen molar-refractivity contribution in [2.75, 3.05) is 0 Å². The Morgan fingerprint density at radius 2 is 1.85 bits per heavy atom. The molecular formula is C19H14NO6-. The fourth-order valence-electron chi connectivity index (χ4n) is 2.67. The number of nitrogens with one attached hydrogen (secondary N) is 1. The molecule has 0 aliphatic rings. The number of hydrogen-bond acceptors (Lipinski definition) is 6. The molecule has 1 amide bonds. The van der Waals surface area contributed by atoms with Crippen LogP contribution in [0.5, 0.6) is 5.75 Å². The SMILES string of the molecule is O=C(Cc1cc(=O)oc2cc(O)ccc12)N[C@@H](C(=O)[O-])c1ccccc1. The molecule has 0 spiro atoms. The fourth-order valence-corrected chi connectivity index (χ4v) is 2.67. The molecule has 2 aromatic carbocycles. The number of carboxylic acids is 1. The number of aromatic hydroxyl groups is 1. The van der Waals surface area contributed by atoms with Gasteiger partial charge < -0.3 is 24.7 Å². The molecule has 0 aliphatic heterocycles. The van der Waals surface area contributed by atoms with E-state index in [2.05, 4.69) is 5.32 Å². The standard InChI is InChI=1S/C19H15NO6/c21-13-6-7-14-12(9-17(23)26-15(14)10-13)8-16(22)20-18(19(24)25)11-4-2-1-3-5-11/h1-7,9-10,18,21H,8H2,(H,20,22)(H,24,25)/p-1/t18-/m1/s1. The van der Waals surface area contributed by atoms with Gasteiger partial charge in [0, 0.05) is 17.5 Å². The van der Waals surface area contributed by atoms with Crippen LogP contribution in [0.25, 0.3) is 11.0 Å². The van der Waals surface area contributed by atoms with Crippen molar-refractivity contribution < 1.29 is 24.2 Å². The molecule has 0 unspecified atom stereocenters. The zero-order valence-electron chi connectivity index (χ0n) is 13.5. The van der Waals surface area contributed by atoms with Crippen molar-refractivity contribution in [2.24, 2.45) is 0 Å². The third kappa shape index (κ3) is 3.72. The molecule has 3 aromatic rings. The van der Waals surface area contributed by atoms with Crippen molar-refractivity contribution in [2.45, 2.75) is 12.5 Å². The predicted molar refractivity (Wildman–Crippen MR) is 90.2 cm³/mol. The van der Waals surface area contributed by atoms with Gasteiger partial charge in [-0.05, 0) is 23.3 Å². The number of amides is 1. The van der Waals surface area contributed by atoms with Gasteiger partial charge in [-0.3, -0.25) is 4.79 Å². The van der Waals surface area contributed by atoms with E-state index in [1.54, 1.807) is 30.3 Å². The van der Waals surface area contributed by atoms with Crippen molar-refractivity contribution in [1.29, 1.82) is 0 Å². The van der Waals surface area contributed by atoms with Crippen LogP contribution in [0.3, 0.4) is 0 Å². The molecule has 2 N–H and O–H groups in total. The molecule has 132 valence electrons. The number of carbonyl (C=O) groups excluding carboxylic acids is 2. The van der Waals surface area contributed by atoms with E-state index in [1.807, 2.05) is 0 Å². The monoisotopic (exact) mass is 352 g/mol. The summed E-state index contributed by atoms with van der Waals surface area (Å²) in [4.78, 5) is 35.4. The highest BCUT2D eigenvalue weighted by molar-refractivity contribution is 5.89. The third-order valence-corrected chi connectivity index (χ3v) is 3.84. The molecular weight excluding hydrogens is 338 g/mol. The number of phenols is 1. The van der Waals surface area contributed by atoms with Gasteiger partial charge in [0.05, 0.1) is 18.4 Å². The van der Waals surface area contributed by atoms with Gasteiger partial charge in [0.1, 0.15) is 11.3 Å². The van der Waals surface area contributed by atoms with Crippen molar-refractivity contribution in [3.05, 3.63) is 76.1 Å². The third-order valence-electron chi connectivity index (χ3n) is 3.84. The number of carboxylic acid groups (broad SMARTS) is 1. The minimum absolute atomic E-state index is 0.0802. The second-order valence-electron chi connectivity index (χ2n) is 5.68. The van der Waals surface area contributed by atoms with Crippen LogP contribution in [0, 0.1) is 0 Å². The van der Waals surface area contributed by atoms with E-state index >= 15 is 0 Å². The lowest BCUT2D eigenvalue weighted by atomic mass is 10.0. The number of hydrogen-bond donors (Lipinski definition) is 2. The number of rotatable bonds is 5. The van der Waals surface area contributed by atoms with Crippen molar-refractivity contribution in [3.8, 4) is 5.75 Å². The molecule has 1 atom stereocenters. The smallest absolute Gasteiger partial charge is 0.336 e. The maximum absolute atomic E-state index is 12.3. The molecule has 26 heavy (non-hydrogen) atoms. The maximum atomic E-state index is 12.3. The maximum Gasteiger partial charge on any atom is 0.336 e. The molecule has 0 saturated heterocycles. The number of phenolic OH excluding ortho intramolecular Hbond substituents is 1. The summed E-state index contributed by atoms with van der Waals surface area (Å²) in [6, 6.07) is 12.2. The minimum Gasteiger partial charge on any atom is -0.548 e. The second kappa shape index (κ2) is 7.10. The molecule has 0 saturated carbocycles. The Balaban J connectivity index is 1.87. The van der Waals surface area contributed by atoms with Crippen LogP contribution < -0.4 is 16.0 Å². The van der Waals surface area contributed by atoms with Gasteiger partial charge in [-0.2, -0.15) is 0 Å². The fraction of sp³-hybridized carbons (Fsp3) is 0.105. The number of fused-ring (bicyclic) bond motifs is 1. The summed E-state index contributed by atoms with van der Waals surface area (Å²) in [7, 11) is 0. The normalized spacial score (nSPS) is 11.8. The average Bonchev–Trinajstić information content (AvgIpc) is 2.59. The summed E-state index contributed by atoms with van der Waals surface area (Å²) in [5, 5.41) is 23.7. The first kappa shape index (κ1) is 17.2. The van der Waals surface area contributed by atoms with Crippen LogP contribution in [-0.4, -0.2) is 17.0 Å². The highest BCUT2D eigenvalue weighted by Gasteiger charge is 2.17.